The van der Waals surface area contributed by atoms with Crippen molar-refractivity contribution in [1.82, 2.24) is 4.90 Å². The van der Waals surface area contributed by atoms with Crippen LogP contribution in [0.25, 0.3) is 0 Å². The summed E-state index contributed by atoms with van der Waals surface area (Å²) in [5.41, 5.74) is 2.81. The van der Waals surface area contributed by atoms with Crippen LogP contribution >= 0.6 is 0 Å². The van der Waals surface area contributed by atoms with E-state index in [2.05, 4.69) is 57.8 Å². The van der Waals surface area contributed by atoms with Crippen molar-refractivity contribution in [3.8, 4) is 5.75 Å². The van der Waals surface area contributed by atoms with Gasteiger partial charge in [-0.25, -0.2) is 0 Å². The summed E-state index contributed by atoms with van der Waals surface area (Å²) in [5, 5.41) is 0. The van der Waals surface area contributed by atoms with Crippen LogP contribution < -0.4 is 4.74 Å². The summed E-state index contributed by atoms with van der Waals surface area (Å²) >= 11 is 0. The maximum absolute atomic E-state index is 5.43. The molecule has 2 heteroatoms. The quantitative estimate of drug-likeness (QED) is 0.792. The average molecular weight is 235 g/mol. The Labute approximate surface area is 106 Å². The second-order valence-electron chi connectivity index (χ2n) is 5.61. The first-order valence-corrected chi connectivity index (χ1v) is 6.24. The van der Waals surface area contributed by atoms with Gasteiger partial charge >= 0.3 is 0 Å². The van der Waals surface area contributed by atoms with E-state index in [0.717, 1.165) is 18.8 Å². The SMILES string of the molecule is CCN(C)Cc1cc(C(C)(C)C)ccc1OC. The molecule has 0 atom stereocenters. The van der Waals surface area contributed by atoms with Gasteiger partial charge in [0.15, 0.2) is 0 Å². The van der Waals surface area contributed by atoms with Crippen molar-refractivity contribution >= 4 is 0 Å². The Morgan fingerprint density at radius 2 is 1.88 bits per heavy atom. The normalized spacial score (nSPS) is 11.9. The summed E-state index contributed by atoms with van der Waals surface area (Å²) in [7, 11) is 3.87. The van der Waals surface area contributed by atoms with Crippen molar-refractivity contribution < 1.29 is 4.74 Å². The Kier molecular flexibility index (Phi) is 4.58. The topological polar surface area (TPSA) is 12.5 Å². The third kappa shape index (κ3) is 3.74. The summed E-state index contributed by atoms with van der Waals surface area (Å²) in [6.45, 7) is 10.9. The summed E-state index contributed by atoms with van der Waals surface area (Å²) in [4.78, 5) is 2.28. The number of ether oxygens (including phenoxy) is 1. The maximum Gasteiger partial charge on any atom is 0.123 e. The molecule has 2 nitrogen and oxygen atoms in total. The van der Waals surface area contributed by atoms with E-state index >= 15 is 0 Å². The second kappa shape index (κ2) is 5.54. The lowest BCUT2D eigenvalue weighted by molar-refractivity contribution is 0.332. The molecule has 1 rings (SSSR count). The number of nitrogens with zero attached hydrogens (tertiary/aromatic N) is 1. The lowest BCUT2D eigenvalue weighted by Crippen LogP contribution is -2.18. The smallest absolute Gasteiger partial charge is 0.123 e. The first-order chi connectivity index (χ1) is 7.88. The molecule has 0 saturated heterocycles. The van der Waals surface area contributed by atoms with Gasteiger partial charge in [-0.05, 0) is 30.6 Å². The fraction of sp³-hybridized carbons (Fsp3) is 0.600. The lowest BCUT2D eigenvalue weighted by atomic mass is 9.86. The Hall–Kier alpha value is -1.02. The van der Waals surface area contributed by atoms with Crippen molar-refractivity contribution in [3.63, 3.8) is 0 Å². The molecule has 96 valence electrons. The van der Waals surface area contributed by atoms with Crippen LogP contribution in [0.4, 0.5) is 0 Å². The van der Waals surface area contributed by atoms with E-state index in [-0.39, 0.29) is 5.41 Å². The maximum atomic E-state index is 5.43. The highest BCUT2D eigenvalue weighted by atomic mass is 16.5. The molecule has 1 aromatic rings. The van der Waals surface area contributed by atoms with Crippen LogP contribution in [0.15, 0.2) is 18.2 Å². The molecule has 0 unspecified atom stereocenters. The minimum atomic E-state index is 0.186. The molecule has 0 spiro atoms. The van der Waals surface area contributed by atoms with Crippen LogP contribution in [0, 0.1) is 0 Å². The van der Waals surface area contributed by atoms with Gasteiger partial charge in [-0.15, -0.1) is 0 Å². The predicted molar refractivity (Wildman–Crippen MR) is 73.7 cm³/mol. The summed E-state index contributed by atoms with van der Waals surface area (Å²) < 4.78 is 5.43. The molecular weight excluding hydrogens is 210 g/mol. The van der Waals surface area contributed by atoms with Crippen LogP contribution in [0.3, 0.4) is 0 Å². The Morgan fingerprint density at radius 3 is 2.35 bits per heavy atom. The molecule has 0 bridgehead atoms. The van der Waals surface area contributed by atoms with Crippen LogP contribution in [0.5, 0.6) is 5.75 Å². The highest BCUT2D eigenvalue weighted by Gasteiger charge is 2.16. The average Bonchev–Trinajstić information content (AvgIpc) is 2.27. The second-order valence-corrected chi connectivity index (χ2v) is 5.61. The molecule has 17 heavy (non-hydrogen) atoms. The van der Waals surface area contributed by atoms with E-state index in [4.69, 9.17) is 4.74 Å². The number of hydrogen-bond donors (Lipinski definition) is 0. The molecule has 1 aromatic carbocycles. The van der Waals surface area contributed by atoms with Gasteiger partial charge in [0.25, 0.3) is 0 Å². The first-order valence-electron chi connectivity index (χ1n) is 6.24. The zero-order valence-corrected chi connectivity index (χ0v) is 12.0. The van der Waals surface area contributed by atoms with Gasteiger partial charge in [-0.1, -0.05) is 39.8 Å². The predicted octanol–water partition coefficient (Wildman–Crippen LogP) is 3.44. The van der Waals surface area contributed by atoms with Crippen LogP contribution in [0.2, 0.25) is 0 Å². The molecule has 0 aliphatic rings. The lowest BCUT2D eigenvalue weighted by Gasteiger charge is -2.22. The minimum Gasteiger partial charge on any atom is -0.496 e. The molecule has 0 radical (unpaired) electrons. The molecule has 0 aromatic heterocycles. The monoisotopic (exact) mass is 235 g/mol. The highest BCUT2D eigenvalue weighted by molar-refractivity contribution is 5.39. The van der Waals surface area contributed by atoms with Gasteiger partial charge in [0.05, 0.1) is 7.11 Å². The number of rotatable bonds is 4. The van der Waals surface area contributed by atoms with E-state index in [1.807, 2.05) is 0 Å². The van der Waals surface area contributed by atoms with Crippen molar-refractivity contribution in [2.75, 3.05) is 20.7 Å². The molecule has 0 saturated carbocycles. The molecule has 0 aliphatic carbocycles. The Bertz CT molecular complexity index is 366. The van der Waals surface area contributed by atoms with Crippen molar-refractivity contribution in [1.29, 1.82) is 0 Å². The number of methoxy groups -OCH3 is 1. The van der Waals surface area contributed by atoms with E-state index in [0.29, 0.717) is 0 Å². The van der Waals surface area contributed by atoms with Gasteiger partial charge < -0.3 is 9.64 Å². The van der Waals surface area contributed by atoms with E-state index < -0.39 is 0 Å². The summed E-state index contributed by atoms with van der Waals surface area (Å²) in [6, 6.07) is 6.51. The van der Waals surface area contributed by atoms with Crippen molar-refractivity contribution in [3.05, 3.63) is 29.3 Å². The fourth-order valence-corrected chi connectivity index (χ4v) is 1.77. The van der Waals surface area contributed by atoms with Crippen LogP contribution in [0.1, 0.15) is 38.8 Å². The van der Waals surface area contributed by atoms with Crippen LogP contribution in [-0.4, -0.2) is 25.6 Å². The summed E-state index contributed by atoms with van der Waals surface area (Å²) in [5.74, 6) is 0.985. The van der Waals surface area contributed by atoms with Crippen molar-refractivity contribution in [2.24, 2.45) is 0 Å². The zero-order valence-electron chi connectivity index (χ0n) is 12.0. The van der Waals surface area contributed by atoms with Crippen molar-refractivity contribution in [2.45, 2.75) is 39.7 Å². The van der Waals surface area contributed by atoms with Gasteiger partial charge in [-0.3, -0.25) is 0 Å². The van der Waals surface area contributed by atoms with Gasteiger partial charge in [-0.2, -0.15) is 0 Å². The van der Waals surface area contributed by atoms with Crippen LogP contribution in [-0.2, 0) is 12.0 Å². The molecule has 0 amide bonds. The van der Waals surface area contributed by atoms with E-state index in [9.17, 15) is 0 Å². The molecule has 0 N–H and O–H groups in total. The number of hydrogen-bond acceptors (Lipinski definition) is 2. The molecular formula is C15H25NO. The third-order valence-corrected chi connectivity index (χ3v) is 3.13. The van der Waals surface area contributed by atoms with Gasteiger partial charge in [0.2, 0.25) is 0 Å². The van der Waals surface area contributed by atoms with Gasteiger partial charge in [0.1, 0.15) is 5.75 Å². The van der Waals surface area contributed by atoms with Gasteiger partial charge in [0, 0.05) is 12.1 Å². The van der Waals surface area contributed by atoms with E-state index in [1.54, 1.807) is 7.11 Å². The Morgan fingerprint density at radius 1 is 1.24 bits per heavy atom. The number of benzene rings is 1. The minimum absolute atomic E-state index is 0.186. The summed E-state index contributed by atoms with van der Waals surface area (Å²) in [6.07, 6.45) is 0. The molecule has 0 heterocycles. The zero-order chi connectivity index (χ0) is 13.1. The largest absolute Gasteiger partial charge is 0.496 e. The third-order valence-electron chi connectivity index (χ3n) is 3.13. The molecule has 0 aliphatic heterocycles. The van der Waals surface area contributed by atoms with E-state index in [1.165, 1.54) is 11.1 Å². The fourth-order valence-electron chi connectivity index (χ4n) is 1.77. The Balaban J connectivity index is 3.07. The molecule has 0 fully saturated rings. The first kappa shape index (κ1) is 14.0. The standard InChI is InChI=1S/C15H25NO/c1-7-16(5)11-12-10-13(15(2,3)4)8-9-14(12)17-6/h8-10H,7,11H2,1-6H3. The highest BCUT2D eigenvalue weighted by Crippen LogP contribution is 2.28.